The fourth-order valence-corrected chi connectivity index (χ4v) is 2.37. The molecule has 0 saturated carbocycles. The molecule has 0 fully saturated rings. The summed E-state index contributed by atoms with van der Waals surface area (Å²) in [5.41, 5.74) is 4.82. The van der Waals surface area contributed by atoms with Gasteiger partial charge in [-0.15, -0.1) is 0 Å². The molecule has 2 aromatic carbocycles. The fraction of sp³-hybridized carbons (Fsp3) is 0.188. The van der Waals surface area contributed by atoms with E-state index < -0.39 is 0 Å². The van der Waals surface area contributed by atoms with Crippen LogP contribution in [0.4, 0.5) is 5.69 Å². The van der Waals surface area contributed by atoms with Crippen LogP contribution in [0.2, 0.25) is 0 Å². The van der Waals surface area contributed by atoms with Crippen molar-refractivity contribution >= 4 is 27.8 Å². The quantitative estimate of drug-likeness (QED) is 0.625. The van der Waals surface area contributed by atoms with Gasteiger partial charge in [0.2, 0.25) is 0 Å². The molecule has 0 aromatic heterocycles. The minimum absolute atomic E-state index is 0.581. The average molecular weight is 349 g/mol. The Morgan fingerprint density at radius 1 is 1.24 bits per heavy atom. The molecular weight excluding hydrogens is 332 g/mol. The zero-order chi connectivity index (χ0) is 15.1. The summed E-state index contributed by atoms with van der Waals surface area (Å²) >= 11 is 3.49. The number of rotatable bonds is 6. The Morgan fingerprint density at radius 2 is 2.00 bits per heavy atom. The van der Waals surface area contributed by atoms with Crippen LogP contribution in [-0.4, -0.2) is 19.9 Å². The van der Waals surface area contributed by atoms with Crippen molar-refractivity contribution in [2.45, 2.75) is 6.92 Å². The predicted molar refractivity (Wildman–Crippen MR) is 89.5 cm³/mol. The molecule has 5 heteroatoms. The van der Waals surface area contributed by atoms with Gasteiger partial charge in [0.15, 0.2) is 11.5 Å². The third-order valence-corrected chi connectivity index (χ3v) is 3.31. The molecule has 0 saturated heterocycles. The molecule has 0 aliphatic carbocycles. The van der Waals surface area contributed by atoms with Crippen molar-refractivity contribution in [2.75, 3.05) is 19.1 Å². The molecule has 0 amide bonds. The van der Waals surface area contributed by atoms with Gasteiger partial charge in [0, 0.05) is 0 Å². The molecule has 2 aromatic rings. The molecule has 0 unspecified atom stereocenters. The predicted octanol–water partition coefficient (Wildman–Crippen LogP) is 4.30. The number of nitrogens with zero attached hydrogens (tertiary/aromatic N) is 1. The average Bonchev–Trinajstić information content (AvgIpc) is 2.51. The van der Waals surface area contributed by atoms with E-state index in [1.165, 1.54) is 0 Å². The molecule has 0 heterocycles. The molecule has 4 nitrogen and oxygen atoms in total. The molecule has 1 N–H and O–H groups in total. The van der Waals surface area contributed by atoms with Crippen LogP contribution in [0.15, 0.2) is 52.0 Å². The summed E-state index contributed by atoms with van der Waals surface area (Å²) in [6.45, 7) is 2.52. The van der Waals surface area contributed by atoms with E-state index in [4.69, 9.17) is 9.47 Å². The number of para-hydroxylation sites is 1. The topological polar surface area (TPSA) is 42.8 Å². The Morgan fingerprint density at radius 3 is 2.67 bits per heavy atom. The van der Waals surface area contributed by atoms with Crippen molar-refractivity contribution in [2.24, 2.45) is 5.10 Å². The smallest absolute Gasteiger partial charge is 0.175 e. The SMILES string of the molecule is CCOc1c(Br)cc(/C=N\Nc2ccccc2)cc1OC. The van der Waals surface area contributed by atoms with Gasteiger partial charge in [-0.1, -0.05) is 18.2 Å². The summed E-state index contributed by atoms with van der Waals surface area (Å²) < 4.78 is 11.7. The maximum absolute atomic E-state index is 5.56. The summed E-state index contributed by atoms with van der Waals surface area (Å²) in [5.74, 6) is 1.38. The van der Waals surface area contributed by atoms with Crippen LogP contribution >= 0.6 is 15.9 Å². The number of methoxy groups -OCH3 is 1. The van der Waals surface area contributed by atoms with Crippen molar-refractivity contribution in [3.05, 3.63) is 52.5 Å². The van der Waals surface area contributed by atoms with Crippen molar-refractivity contribution in [1.82, 2.24) is 0 Å². The third kappa shape index (κ3) is 4.23. The maximum Gasteiger partial charge on any atom is 0.175 e. The van der Waals surface area contributed by atoms with E-state index >= 15 is 0 Å². The Labute approximate surface area is 132 Å². The van der Waals surface area contributed by atoms with E-state index in [1.54, 1.807) is 13.3 Å². The van der Waals surface area contributed by atoms with Crippen LogP contribution < -0.4 is 14.9 Å². The lowest BCUT2D eigenvalue weighted by Crippen LogP contribution is -1.98. The van der Waals surface area contributed by atoms with Gasteiger partial charge >= 0.3 is 0 Å². The highest BCUT2D eigenvalue weighted by molar-refractivity contribution is 9.10. The van der Waals surface area contributed by atoms with Gasteiger partial charge < -0.3 is 9.47 Å². The summed E-state index contributed by atoms with van der Waals surface area (Å²) in [6.07, 6.45) is 1.73. The first-order valence-electron chi connectivity index (χ1n) is 6.59. The van der Waals surface area contributed by atoms with Crippen molar-refractivity contribution in [3.63, 3.8) is 0 Å². The first-order valence-corrected chi connectivity index (χ1v) is 7.38. The van der Waals surface area contributed by atoms with Gasteiger partial charge in [-0.3, -0.25) is 5.43 Å². The number of benzene rings is 2. The summed E-state index contributed by atoms with van der Waals surface area (Å²) in [5, 5.41) is 4.21. The maximum atomic E-state index is 5.56. The highest BCUT2D eigenvalue weighted by atomic mass is 79.9. The van der Waals surface area contributed by atoms with Crippen LogP contribution in [0, 0.1) is 0 Å². The van der Waals surface area contributed by atoms with Crippen LogP contribution in [0.1, 0.15) is 12.5 Å². The summed E-state index contributed by atoms with van der Waals surface area (Å²) in [6, 6.07) is 13.6. The van der Waals surface area contributed by atoms with Gasteiger partial charge in [0.05, 0.1) is 30.1 Å². The first kappa shape index (κ1) is 15.4. The van der Waals surface area contributed by atoms with E-state index in [0.717, 1.165) is 15.7 Å². The lowest BCUT2D eigenvalue weighted by molar-refractivity contribution is 0.309. The van der Waals surface area contributed by atoms with Crippen LogP contribution in [0.3, 0.4) is 0 Å². The van der Waals surface area contributed by atoms with Crippen LogP contribution in [0.25, 0.3) is 0 Å². The van der Waals surface area contributed by atoms with Gasteiger partial charge in [-0.05, 0) is 52.7 Å². The molecule has 0 bridgehead atoms. The van der Waals surface area contributed by atoms with Gasteiger partial charge in [0.1, 0.15) is 0 Å². The molecule has 0 spiro atoms. The molecule has 0 aliphatic heterocycles. The lowest BCUT2D eigenvalue weighted by atomic mass is 10.2. The number of hydrazone groups is 1. The monoisotopic (exact) mass is 348 g/mol. The normalized spacial score (nSPS) is 10.6. The zero-order valence-electron chi connectivity index (χ0n) is 12.0. The van der Waals surface area contributed by atoms with E-state index in [-0.39, 0.29) is 0 Å². The second-order valence-corrected chi connectivity index (χ2v) is 5.06. The molecule has 21 heavy (non-hydrogen) atoms. The zero-order valence-corrected chi connectivity index (χ0v) is 13.6. The molecule has 0 atom stereocenters. The standard InChI is InChI=1S/C16H17BrN2O2/c1-3-21-16-14(17)9-12(10-15(16)20-2)11-18-19-13-7-5-4-6-8-13/h4-11,19H,3H2,1-2H3/b18-11-. The van der Waals surface area contributed by atoms with E-state index in [0.29, 0.717) is 18.1 Å². The number of hydrogen-bond acceptors (Lipinski definition) is 4. The third-order valence-electron chi connectivity index (χ3n) is 2.72. The summed E-state index contributed by atoms with van der Waals surface area (Å²) in [7, 11) is 1.62. The molecule has 0 radical (unpaired) electrons. The van der Waals surface area contributed by atoms with Crippen LogP contribution in [0.5, 0.6) is 11.5 Å². The second-order valence-electron chi connectivity index (χ2n) is 4.20. The highest BCUT2D eigenvalue weighted by Crippen LogP contribution is 2.36. The van der Waals surface area contributed by atoms with Crippen LogP contribution in [-0.2, 0) is 0 Å². The Kier molecular flexibility index (Phi) is 5.63. The molecule has 110 valence electrons. The van der Waals surface area contributed by atoms with Crippen molar-refractivity contribution in [1.29, 1.82) is 0 Å². The molecule has 2 rings (SSSR count). The number of hydrogen-bond donors (Lipinski definition) is 1. The Bertz CT molecular complexity index is 615. The van der Waals surface area contributed by atoms with Gasteiger partial charge in [0.25, 0.3) is 0 Å². The summed E-state index contributed by atoms with van der Waals surface area (Å²) in [4.78, 5) is 0. The number of anilines is 1. The van der Waals surface area contributed by atoms with Crippen molar-refractivity contribution < 1.29 is 9.47 Å². The minimum Gasteiger partial charge on any atom is -0.493 e. The van der Waals surface area contributed by atoms with E-state index in [1.807, 2.05) is 49.4 Å². The van der Waals surface area contributed by atoms with Crippen molar-refractivity contribution in [3.8, 4) is 11.5 Å². The van der Waals surface area contributed by atoms with E-state index in [9.17, 15) is 0 Å². The van der Waals surface area contributed by atoms with Gasteiger partial charge in [-0.25, -0.2) is 0 Å². The fourth-order valence-electron chi connectivity index (χ4n) is 1.79. The first-order chi connectivity index (χ1) is 10.2. The lowest BCUT2D eigenvalue weighted by Gasteiger charge is -2.12. The largest absolute Gasteiger partial charge is 0.493 e. The molecule has 0 aliphatic rings. The van der Waals surface area contributed by atoms with Gasteiger partial charge in [-0.2, -0.15) is 5.10 Å². The highest BCUT2D eigenvalue weighted by Gasteiger charge is 2.10. The Hall–Kier alpha value is -2.01. The number of halogens is 1. The molecular formula is C16H17BrN2O2. The number of nitrogens with one attached hydrogen (secondary N) is 1. The second kappa shape index (κ2) is 7.69. The Balaban J connectivity index is 2.15. The number of ether oxygens (including phenoxy) is 2. The minimum atomic E-state index is 0.581. The van der Waals surface area contributed by atoms with E-state index in [2.05, 4.69) is 26.5 Å².